The molecule has 5 nitrogen and oxygen atoms in total. The minimum atomic E-state index is -4.58. The lowest BCUT2D eigenvalue weighted by atomic mass is 10.0. The maximum absolute atomic E-state index is 12.6. The minimum absolute atomic E-state index is 0.397. The van der Waals surface area contributed by atoms with Gasteiger partial charge in [0.1, 0.15) is 11.1 Å². The van der Waals surface area contributed by atoms with Gasteiger partial charge in [0.25, 0.3) is 0 Å². The van der Waals surface area contributed by atoms with Gasteiger partial charge in [-0.15, -0.1) is 11.3 Å². The Hall–Kier alpha value is -2.18. The van der Waals surface area contributed by atoms with E-state index >= 15 is 0 Å². The van der Waals surface area contributed by atoms with E-state index in [-0.39, 0.29) is 0 Å². The van der Waals surface area contributed by atoms with Crippen molar-refractivity contribution in [2.24, 2.45) is 0 Å². The molecule has 1 aliphatic heterocycles. The molecule has 0 fully saturated rings. The summed E-state index contributed by atoms with van der Waals surface area (Å²) in [4.78, 5) is 2.60. The van der Waals surface area contributed by atoms with Crippen molar-refractivity contribution in [3.63, 3.8) is 0 Å². The number of alkyl halides is 2. The third-order valence-corrected chi connectivity index (χ3v) is 6.41. The number of anilines is 2. The zero-order valence-electron chi connectivity index (χ0n) is 12.4. The standard InChI is InChI=1S/C15H13F2N3O2S2/c16-15(17)24(21,22)10-3-1-9(2-4-10)20-6-5-11-12(7-18)14(19)23-13(11)8-20/h1-4,15H,5-6,8,19H2. The van der Waals surface area contributed by atoms with Crippen LogP contribution in [-0.4, -0.2) is 20.7 Å². The van der Waals surface area contributed by atoms with E-state index in [1.807, 2.05) is 4.90 Å². The van der Waals surface area contributed by atoms with Gasteiger partial charge in [-0.05, 0) is 36.2 Å². The zero-order valence-corrected chi connectivity index (χ0v) is 14.0. The van der Waals surface area contributed by atoms with Crippen LogP contribution in [0.4, 0.5) is 19.5 Å². The van der Waals surface area contributed by atoms with Crippen LogP contribution < -0.4 is 10.6 Å². The predicted molar refractivity (Wildman–Crippen MR) is 87.8 cm³/mol. The van der Waals surface area contributed by atoms with Crippen molar-refractivity contribution >= 4 is 31.9 Å². The molecule has 9 heteroatoms. The zero-order chi connectivity index (χ0) is 17.5. The van der Waals surface area contributed by atoms with Crippen molar-refractivity contribution < 1.29 is 17.2 Å². The Kier molecular flexibility index (Phi) is 4.19. The molecule has 126 valence electrons. The summed E-state index contributed by atoms with van der Waals surface area (Å²) in [5, 5.41) is 9.65. The lowest BCUT2D eigenvalue weighted by Gasteiger charge is -2.29. The lowest BCUT2D eigenvalue weighted by Crippen LogP contribution is -2.29. The van der Waals surface area contributed by atoms with E-state index in [0.29, 0.717) is 30.1 Å². The van der Waals surface area contributed by atoms with E-state index in [0.717, 1.165) is 16.1 Å². The summed E-state index contributed by atoms with van der Waals surface area (Å²) in [5.74, 6) is -3.43. The summed E-state index contributed by atoms with van der Waals surface area (Å²) in [6.07, 6.45) is 0.656. The lowest BCUT2D eigenvalue weighted by molar-refractivity contribution is 0.234. The first-order chi connectivity index (χ1) is 11.3. The van der Waals surface area contributed by atoms with Crippen LogP contribution in [0.15, 0.2) is 29.2 Å². The van der Waals surface area contributed by atoms with E-state index in [1.165, 1.54) is 35.6 Å². The first-order valence-corrected chi connectivity index (χ1v) is 9.38. The topological polar surface area (TPSA) is 87.2 Å². The average Bonchev–Trinajstić information content (AvgIpc) is 2.88. The number of nitrogen functional groups attached to an aromatic ring is 1. The first kappa shape index (κ1) is 16.7. The molecule has 1 aromatic carbocycles. The summed E-state index contributed by atoms with van der Waals surface area (Å²) < 4.78 is 48.0. The van der Waals surface area contributed by atoms with Gasteiger partial charge in [-0.3, -0.25) is 0 Å². The molecule has 24 heavy (non-hydrogen) atoms. The molecule has 0 spiro atoms. The molecule has 1 aromatic heterocycles. The maximum Gasteiger partial charge on any atom is 0.341 e. The molecule has 0 atom stereocenters. The Morgan fingerprint density at radius 2 is 1.96 bits per heavy atom. The Balaban J connectivity index is 1.85. The second-order valence-electron chi connectivity index (χ2n) is 5.33. The van der Waals surface area contributed by atoms with Gasteiger partial charge in [0.2, 0.25) is 9.84 Å². The van der Waals surface area contributed by atoms with Crippen LogP contribution >= 0.6 is 11.3 Å². The van der Waals surface area contributed by atoms with Crippen molar-refractivity contribution in [1.82, 2.24) is 0 Å². The van der Waals surface area contributed by atoms with Crippen LogP contribution in [0, 0.1) is 11.3 Å². The largest absolute Gasteiger partial charge is 0.389 e. The predicted octanol–water partition coefficient (Wildman–Crippen LogP) is 2.76. The number of rotatable bonds is 3. The number of hydrogen-bond acceptors (Lipinski definition) is 6. The highest BCUT2D eigenvalue weighted by Crippen LogP contribution is 2.36. The van der Waals surface area contributed by atoms with E-state index in [2.05, 4.69) is 6.07 Å². The Bertz CT molecular complexity index is 915. The van der Waals surface area contributed by atoms with Crippen molar-refractivity contribution in [2.75, 3.05) is 17.2 Å². The van der Waals surface area contributed by atoms with Gasteiger partial charge in [-0.1, -0.05) is 0 Å². The number of nitrogens with zero attached hydrogens (tertiary/aromatic N) is 2. The Labute approximate surface area is 141 Å². The second-order valence-corrected chi connectivity index (χ2v) is 8.38. The maximum atomic E-state index is 12.6. The van der Waals surface area contributed by atoms with Gasteiger partial charge in [0.05, 0.1) is 17.0 Å². The van der Waals surface area contributed by atoms with Crippen molar-refractivity contribution in [2.45, 2.75) is 23.6 Å². The fraction of sp³-hybridized carbons (Fsp3) is 0.267. The molecule has 1 aliphatic rings. The van der Waals surface area contributed by atoms with Gasteiger partial charge >= 0.3 is 5.76 Å². The van der Waals surface area contributed by atoms with E-state index < -0.39 is 20.5 Å². The molecule has 3 rings (SSSR count). The van der Waals surface area contributed by atoms with Gasteiger partial charge in [-0.25, -0.2) is 8.42 Å². The van der Waals surface area contributed by atoms with E-state index in [4.69, 9.17) is 11.0 Å². The second kappa shape index (κ2) is 6.03. The SMILES string of the molecule is N#Cc1c(N)sc2c1CCN(c1ccc(S(=O)(=O)C(F)F)cc1)C2. The highest BCUT2D eigenvalue weighted by Gasteiger charge is 2.27. The molecule has 2 heterocycles. The first-order valence-electron chi connectivity index (χ1n) is 7.01. The van der Waals surface area contributed by atoms with Crippen LogP contribution in [0.2, 0.25) is 0 Å². The van der Waals surface area contributed by atoms with Crippen LogP contribution in [-0.2, 0) is 22.8 Å². The van der Waals surface area contributed by atoms with Crippen LogP contribution in [0.5, 0.6) is 0 Å². The van der Waals surface area contributed by atoms with Crippen LogP contribution in [0.1, 0.15) is 16.0 Å². The molecule has 0 saturated carbocycles. The number of thiophene rings is 1. The van der Waals surface area contributed by atoms with Crippen LogP contribution in [0.3, 0.4) is 0 Å². The molecule has 2 N–H and O–H groups in total. The summed E-state index contributed by atoms with van der Waals surface area (Å²) in [6.45, 7) is 1.19. The molecule has 0 aliphatic carbocycles. The number of sulfone groups is 1. The fourth-order valence-electron chi connectivity index (χ4n) is 2.72. The van der Waals surface area contributed by atoms with Gasteiger partial charge in [0, 0.05) is 17.1 Å². The highest BCUT2D eigenvalue weighted by atomic mass is 32.2. The molecular weight excluding hydrogens is 356 g/mol. The number of halogens is 2. The quantitative estimate of drug-likeness (QED) is 0.899. The number of hydrogen-bond donors (Lipinski definition) is 1. The molecular formula is C15H13F2N3O2S2. The third-order valence-electron chi connectivity index (χ3n) is 3.96. The number of nitriles is 1. The van der Waals surface area contributed by atoms with Gasteiger partial charge < -0.3 is 10.6 Å². The third kappa shape index (κ3) is 2.72. The molecule has 2 aromatic rings. The molecule has 0 radical (unpaired) electrons. The van der Waals surface area contributed by atoms with Crippen molar-refractivity contribution in [3.8, 4) is 6.07 Å². The summed E-state index contributed by atoms with van der Waals surface area (Å²) in [5.41, 5.74) is 8.09. The summed E-state index contributed by atoms with van der Waals surface area (Å²) in [6, 6.07) is 7.54. The number of fused-ring (bicyclic) bond motifs is 1. The highest BCUT2D eigenvalue weighted by molar-refractivity contribution is 7.91. The van der Waals surface area contributed by atoms with Crippen LogP contribution in [0.25, 0.3) is 0 Å². The smallest absolute Gasteiger partial charge is 0.341 e. The minimum Gasteiger partial charge on any atom is -0.389 e. The molecule has 0 unspecified atom stereocenters. The van der Waals surface area contributed by atoms with E-state index in [1.54, 1.807) is 0 Å². The van der Waals surface area contributed by atoms with E-state index in [9.17, 15) is 17.2 Å². The Morgan fingerprint density at radius 3 is 2.54 bits per heavy atom. The molecule has 0 amide bonds. The monoisotopic (exact) mass is 369 g/mol. The van der Waals surface area contributed by atoms with Gasteiger partial charge in [0.15, 0.2) is 0 Å². The molecule has 0 bridgehead atoms. The van der Waals surface area contributed by atoms with Gasteiger partial charge in [-0.2, -0.15) is 14.0 Å². The summed E-state index contributed by atoms with van der Waals surface area (Å²) >= 11 is 1.37. The van der Waals surface area contributed by atoms with Crippen molar-refractivity contribution in [3.05, 3.63) is 40.3 Å². The number of benzene rings is 1. The molecule has 0 saturated heterocycles. The fourth-order valence-corrected chi connectivity index (χ4v) is 4.52. The Morgan fingerprint density at radius 1 is 1.29 bits per heavy atom. The number of nitrogens with two attached hydrogens (primary N) is 1. The van der Waals surface area contributed by atoms with Crippen molar-refractivity contribution in [1.29, 1.82) is 5.26 Å². The summed E-state index contributed by atoms with van der Waals surface area (Å²) in [7, 11) is -4.58. The average molecular weight is 369 g/mol. The normalized spacial score (nSPS) is 14.5.